The first-order valence-electron chi connectivity index (χ1n) is 8.91. The van der Waals surface area contributed by atoms with Gasteiger partial charge in [-0.1, -0.05) is 6.07 Å². The summed E-state index contributed by atoms with van der Waals surface area (Å²) in [4.78, 5) is 21.0. The number of rotatable bonds is 5. The minimum Gasteiger partial charge on any atom is -0.340 e. The first-order valence-corrected chi connectivity index (χ1v) is 8.91. The number of hydrogen-bond donors (Lipinski definition) is 1. The van der Waals surface area contributed by atoms with Crippen molar-refractivity contribution in [2.75, 3.05) is 39.3 Å². The molecule has 1 aromatic heterocycles. The molecule has 126 valence electrons. The van der Waals surface area contributed by atoms with Gasteiger partial charge in [-0.15, -0.1) is 0 Å². The number of hydrogen-bond acceptors (Lipinski definition) is 4. The molecule has 1 aromatic rings. The van der Waals surface area contributed by atoms with Gasteiger partial charge in [0.1, 0.15) is 0 Å². The highest BCUT2D eigenvalue weighted by molar-refractivity contribution is 5.76. The fourth-order valence-electron chi connectivity index (χ4n) is 3.56. The zero-order valence-electron chi connectivity index (χ0n) is 13.9. The second kappa shape index (κ2) is 8.41. The maximum atomic E-state index is 12.4. The van der Waals surface area contributed by atoms with Gasteiger partial charge in [-0.25, -0.2) is 0 Å². The van der Waals surface area contributed by atoms with Crippen LogP contribution in [-0.2, 0) is 11.3 Å². The second-order valence-electron chi connectivity index (χ2n) is 6.75. The van der Waals surface area contributed by atoms with E-state index < -0.39 is 0 Å². The van der Waals surface area contributed by atoms with Crippen LogP contribution in [0.4, 0.5) is 0 Å². The predicted octanol–water partition coefficient (Wildman–Crippen LogP) is 1.51. The van der Waals surface area contributed by atoms with Crippen LogP contribution in [0, 0.1) is 5.92 Å². The Morgan fingerprint density at radius 2 is 2.00 bits per heavy atom. The molecule has 0 spiro atoms. The van der Waals surface area contributed by atoms with Crippen molar-refractivity contribution in [2.45, 2.75) is 32.2 Å². The molecule has 0 aliphatic carbocycles. The Labute approximate surface area is 139 Å². The van der Waals surface area contributed by atoms with Crippen LogP contribution in [0.2, 0.25) is 0 Å². The molecule has 1 N–H and O–H groups in total. The topological polar surface area (TPSA) is 48.5 Å². The molecular formula is C18H28N4O. The summed E-state index contributed by atoms with van der Waals surface area (Å²) in [5, 5.41) is 3.39. The third-order valence-corrected chi connectivity index (χ3v) is 5.08. The van der Waals surface area contributed by atoms with Crippen molar-refractivity contribution in [3.05, 3.63) is 30.1 Å². The van der Waals surface area contributed by atoms with Crippen molar-refractivity contribution in [2.24, 2.45) is 5.92 Å². The molecule has 3 heterocycles. The van der Waals surface area contributed by atoms with Gasteiger partial charge in [-0.05, 0) is 49.9 Å². The average Bonchev–Trinajstić information content (AvgIpc) is 2.62. The van der Waals surface area contributed by atoms with Crippen LogP contribution >= 0.6 is 0 Å². The van der Waals surface area contributed by atoms with Crippen molar-refractivity contribution >= 4 is 5.91 Å². The maximum absolute atomic E-state index is 12.4. The molecule has 2 aliphatic rings. The van der Waals surface area contributed by atoms with E-state index >= 15 is 0 Å². The van der Waals surface area contributed by atoms with E-state index in [2.05, 4.69) is 26.2 Å². The van der Waals surface area contributed by atoms with E-state index in [-0.39, 0.29) is 0 Å². The van der Waals surface area contributed by atoms with Crippen LogP contribution < -0.4 is 5.32 Å². The molecule has 2 fully saturated rings. The average molecular weight is 316 g/mol. The summed E-state index contributed by atoms with van der Waals surface area (Å²) in [6.07, 6.45) is 7.99. The molecule has 23 heavy (non-hydrogen) atoms. The van der Waals surface area contributed by atoms with E-state index in [1.807, 2.05) is 18.5 Å². The van der Waals surface area contributed by atoms with Crippen LogP contribution in [0.5, 0.6) is 0 Å². The van der Waals surface area contributed by atoms with Gasteiger partial charge in [0.15, 0.2) is 0 Å². The largest absolute Gasteiger partial charge is 0.340 e. The minimum atomic E-state index is 0.351. The van der Waals surface area contributed by atoms with Gasteiger partial charge in [-0.2, -0.15) is 0 Å². The molecule has 2 aliphatic heterocycles. The lowest BCUT2D eigenvalue weighted by Gasteiger charge is -2.35. The lowest BCUT2D eigenvalue weighted by atomic mass is 9.93. The molecule has 0 radical (unpaired) electrons. The summed E-state index contributed by atoms with van der Waals surface area (Å²) in [6.45, 7) is 6.83. The summed E-state index contributed by atoms with van der Waals surface area (Å²) >= 11 is 0. The van der Waals surface area contributed by atoms with Gasteiger partial charge in [0.2, 0.25) is 5.91 Å². The maximum Gasteiger partial charge on any atom is 0.222 e. The van der Waals surface area contributed by atoms with Gasteiger partial charge in [0, 0.05) is 51.5 Å². The highest BCUT2D eigenvalue weighted by atomic mass is 16.2. The van der Waals surface area contributed by atoms with Gasteiger partial charge in [0.05, 0.1) is 0 Å². The highest BCUT2D eigenvalue weighted by Gasteiger charge is 2.22. The fourth-order valence-corrected chi connectivity index (χ4v) is 3.56. The highest BCUT2D eigenvalue weighted by Crippen LogP contribution is 2.19. The molecule has 1 amide bonds. The number of aromatic nitrogens is 1. The number of amides is 1. The Bertz CT molecular complexity index is 479. The van der Waals surface area contributed by atoms with Crippen molar-refractivity contribution in [1.82, 2.24) is 20.1 Å². The van der Waals surface area contributed by atoms with Crippen molar-refractivity contribution in [3.8, 4) is 0 Å². The smallest absolute Gasteiger partial charge is 0.222 e. The summed E-state index contributed by atoms with van der Waals surface area (Å²) < 4.78 is 0. The second-order valence-corrected chi connectivity index (χ2v) is 6.75. The molecule has 5 nitrogen and oxygen atoms in total. The van der Waals surface area contributed by atoms with Gasteiger partial charge < -0.3 is 10.2 Å². The zero-order chi connectivity index (χ0) is 15.9. The van der Waals surface area contributed by atoms with Crippen LogP contribution in [-0.4, -0.2) is 60.0 Å². The normalized spacial score (nSPS) is 20.6. The van der Waals surface area contributed by atoms with Gasteiger partial charge >= 0.3 is 0 Å². The van der Waals surface area contributed by atoms with Crippen molar-refractivity contribution in [1.29, 1.82) is 0 Å². The number of nitrogens with one attached hydrogen (secondary N) is 1. The molecular weight excluding hydrogens is 288 g/mol. The van der Waals surface area contributed by atoms with Crippen LogP contribution in [0.15, 0.2) is 24.5 Å². The Kier molecular flexibility index (Phi) is 6.00. The summed E-state index contributed by atoms with van der Waals surface area (Å²) in [6, 6.07) is 4.10. The lowest BCUT2D eigenvalue weighted by Crippen LogP contribution is -2.48. The van der Waals surface area contributed by atoms with E-state index in [0.29, 0.717) is 5.91 Å². The van der Waals surface area contributed by atoms with Crippen molar-refractivity contribution in [3.63, 3.8) is 0 Å². The van der Waals surface area contributed by atoms with Crippen LogP contribution in [0.1, 0.15) is 31.2 Å². The number of piperidine rings is 1. The minimum absolute atomic E-state index is 0.351. The van der Waals surface area contributed by atoms with Gasteiger partial charge in [-0.3, -0.25) is 14.7 Å². The predicted molar refractivity (Wildman–Crippen MR) is 90.9 cm³/mol. The first kappa shape index (κ1) is 16.4. The molecule has 0 aromatic carbocycles. The Balaban J connectivity index is 1.37. The number of carbonyl (C=O) groups excluding carboxylic acids is 1. The number of piperazine rings is 1. The number of carbonyl (C=O) groups is 1. The van der Waals surface area contributed by atoms with Crippen LogP contribution in [0.25, 0.3) is 0 Å². The fraction of sp³-hybridized carbons (Fsp3) is 0.667. The van der Waals surface area contributed by atoms with Crippen molar-refractivity contribution < 1.29 is 4.79 Å². The lowest BCUT2D eigenvalue weighted by molar-refractivity contribution is -0.133. The molecule has 2 saturated heterocycles. The van der Waals surface area contributed by atoms with E-state index in [1.165, 1.54) is 18.4 Å². The molecule has 0 unspecified atom stereocenters. The van der Waals surface area contributed by atoms with E-state index in [4.69, 9.17) is 0 Å². The molecule has 5 heteroatoms. The van der Waals surface area contributed by atoms with E-state index in [0.717, 1.165) is 64.6 Å². The zero-order valence-corrected chi connectivity index (χ0v) is 13.9. The Morgan fingerprint density at radius 1 is 1.22 bits per heavy atom. The molecule has 0 atom stereocenters. The van der Waals surface area contributed by atoms with Crippen LogP contribution in [0.3, 0.4) is 0 Å². The number of nitrogens with zero attached hydrogens (tertiary/aromatic N) is 3. The third-order valence-electron chi connectivity index (χ3n) is 5.08. The summed E-state index contributed by atoms with van der Waals surface area (Å²) in [5.74, 6) is 1.09. The molecule has 3 rings (SSSR count). The monoisotopic (exact) mass is 316 g/mol. The Morgan fingerprint density at radius 3 is 2.70 bits per heavy atom. The molecule has 0 bridgehead atoms. The van der Waals surface area contributed by atoms with Gasteiger partial charge in [0.25, 0.3) is 0 Å². The van der Waals surface area contributed by atoms with E-state index in [9.17, 15) is 4.79 Å². The Hall–Kier alpha value is -1.46. The summed E-state index contributed by atoms with van der Waals surface area (Å²) in [7, 11) is 0. The SMILES string of the molecule is O=C(CCC1CCNCC1)N1CCN(Cc2cccnc2)CC1. The first-order chi connectivity index (χ1) is 11.3. The standard InChI is InChI=1S/C18H28N4O/c23-18(4-3-16-5-8-19-9-6-16)22-12-10-21(11-13-22)15-17-2-1-7-20-14-17/h1-2,7,14,16,19H,3-6,8-13,15H2. The third kappa shape index (κ3) is 5.01. The molecule has 0 saturated carbocycles. The summed E-state index contributed by atoms with van der Waals surface area (Å²) in [5.41, 5.74) is 1.25. The quantitative estimate of drug-likeness (QED) is 0.894. The van der Waals surface area contributed by atoms with E-state index in [1.54, 1.807) is 0 Å². The number of pyridine rings is 1.